The van der Waals surface area contributed by atoms with Crippen LogP contribution >= 0.6 is 0 Å². The van der Waals surface area contributed by atoms with E-state index < -0.39 is 30.2 Å². The molecule has 5 nitrogen and oxygen atoms in total. The monoisotopic (exact) mass is 406 g/mol. The first-order valence-corrected chi connectivity index (χ1v) is 10.0. The Morgan fingerprint density at radius 1 is 0.733 bits per heavy atom. The number of aliphatic hydroxyl groups is 2. The standard InChI is InChI=1S/C25H26O5/c1-28-24-23(27)22(26)21(30-24)17-29-25(18-11-5-2-6-12-18,19-13-7-3-8-14-19)20-15-9-4-10-16-20/h2-16,21-24,26-27H,17H2,1H3/t21-,22-,23+,24-/m0/s1. The molecule has 4 atom stereocenters. The zero-order chi connectivity index (χ0) is 21.0. The van der Waals surface area contributed by atoms with E-state index in [-0.39, 0.29) is 6.61 Å². The van der Waals surface area contributed by atoms with Crippen molar-refractivity contribution in [3.05, 3.63) is 108 Å². The molecule has 0 saturated carbocycles. The van der Waals surface area contributed by atoms with Crippen LogP contribution in [0.1, 0.15) is 16.7 Å². The normalized spacial score (nSPS) is 24.1. The van der Waals surface area contributed by atoms with Gasteiger partial charge < -0.3 is 24.4 Å². The van der Waals surface area contributed by atoms with Crippen molar-refractivity contribution in [1.29, 1.82) is 0 Å². The molecule has 0 radical (unpaired) electrons. The lowest BCUT2D eigenvalue weighted by Crippen LogP contribution is -2.39. The van der Waals surface area contributed by atoms with Gasteiger partial charge in [0, 0.05) is 7.11 Å². The van der Waals surface area contributed by atoms with Crippen LogP contribution in [0.3, 0.4) is 0 Å². The molecule has 0 unspecified atom stereocenters. The SMILES string of the molecule is CO[C@H]1O[C@@H](COC(c2ccccc2)(c2ccccc2)c2ccccc2)[C@H](O)[C@H]1O. The van der Waals surface area contributed by atoms with Crippen LogP contribution in [-0.2, 0) is 19.8 Å². The average molecular weight is 406 g/mol. The third kappa shape index (κ3) is 3.78. The van der Waals surface area contributed by atoms with Gasteiger partial charge in [-0.1, -0.05) is 91.0 Å². The molecule has 1 aliphatic heterocycles. The molecule has 156 valence electrons. The molecule has 0 amide bonds. The Labute approximate surface area is 176 Å². The van der Waals surface area contributed by atoms with E-state index in [9.17, 15) is 10.2 Å². The maximum atomic E-state index is 10.4. The van der Waals surface area contributed by atoms with Gasteiger partial charge in [-0.15, -0.1) is 0 Å². The van der Waals surface area contributed by atoms with Crippen molar-refractivity contribution in [1.82, 2.24) is 0 Å². The lowest BCUT2D eigenvalue weighted by atomic mass is 9.80. The number of ether oxygens (including phenoxy) is 3. The van der Waals surface area contributed by atoms with Crippen molar-refractivity contribution >= 4 is 0 Å². The van der Waals surface area contributed by atoms with Crippen LogP contribution in [0.15, 0.2) is 91.0 Å². The van der Waals surface area contributed by atoms with Crippen molar-refractivity contribution in [2.75, 3.05) is 13.7 Å². The summed E-state index contributed by atoms with van der Waals surface area (Å²) in [6.07, 6.45) is -3.83. The molecule has 1 heterocycles. The highest BCUT2D eigenvalue weighted by molar-refractivity contribution is 5.47. The zero-order valence-electron chi connectivity index (χ0n) is 16.8. The number of hydrogen-bond donors (Lipinski definition) is 2. The van der Waals surface area contributed by atoms with Gasteiger partial charge in [-0.25, -0.2) is 0 Å². The highest BCUT2D eigenvalue weighted by atomic mass is 16.7. The van der Waals surface area contributed by atoms with Gasteiger partial charge in [0.05, 0.1) is 6.61 Å². The second-order valence-corrected chi connectivity index (χ2v) is 7.35. The van der Waals surface area contributed by atoms with Gasteiger partial charge in [0.15, 0.2) is 6.29 Å². The van der Waals surface area contributed by atoms with Crippen molar-refractivity contribution in [3.8, 4) is 0 Å². The van der Waals surface area contributed by atoms with E-state index in [1.54, 1.807) is 0 Å². The largest absolute Gasteiger partial charge is 0.387 e. The summed E-state index contributed by atoms with van der Waals surface area (Å²) in [6, 6.07) is 29.9. The molecule has 30 heavy (non-hydrogen) atoms. The Kier molecular flexibility index (Phi) is 6.27. The molecular weight excluding hydrogens is 380 g/mol. The summed E-state index contributed by atoms with van der Waals surface area (Å²) in [5, 5.41) is 20.6. The van der Waals surface area contributed by atoms with E-state index in [0.29, 0.717) is 0 Å². The molecule has 1 fully saturated rings. The van der Waals surface area contributed by atoms with Crippen molar-refractivity contribution < 1.29 is 24.4 Å². The van der Waals surface area contributed by atoms with E-state index in [1.807, 2.05) is 91.0 Å². The summed E-state index contributed by atoms with van der Waals surface area (Å²) in [4.78, 5) is 0. The summed E-state index contributed by atoms with van der Waals surface area (Å²) in [6.45, 7) is 0.0662. The van der Waals surface area contributed by atoms with Gasteiger partial charge in [-0.2, -0.15) is 0 Å². The van der Waals surface area contributed by atoms with Gasteiger partial charge in [0.2, 0.25) is 0 Å². The molecule has 4 rings (SSSR count). The minimum Gasteiger partial charge on any atom is -0.387 e. The predicted molar refractivity (Wildman–Crippen MR) is 113 cm³/mol. The molecular formula is C25H26O5. The van der Waals surface area contributed by atoms with E-state index in [0.717, 1.165) is 16.7 Å². The number of aliphatic hydroxyl groups excluding tert-OH is 2. The number of benzene rings is 3. The van der Waals surface area contributed by atoms with Crippen LogP contribution in [0.25, 0.3) is 0 Å². The van der Waals surface area contributed by atoms with Crippen LogP contribution < -0.4 is 0 Å². The Bertz CT molecular complexity index is 819. The molecule has 5 heteroatoms. The topological polar surface area (TPSA) is 68.2 Å². The van der Waals surface area contributed by atoms with Crippen LogP contribution in [0, 0.1) is 0 Å². The second-order valence-electron chi connectivity index (χ2n) is 7.35. The minimum atomic E-state index is -1.12. The predicted octanol–water partition coefficient (Wildman–Crippen LogP) is 3.09. The molecule has 2 N–H and O–H groups in total. The Morgan fingerprint density at radius 3 is 1.53 bits per heavy atom. The Balaban J connectivity index is 1.78. The molecule has 0 bridgehead atoms. The van der Waals surface area contributed by atoms with Crippen molar-refractivity contribution in [2.24, 2.45) is 0 Å². The maximum Gasteiger partial charge on any atom is 0.186 e. The smallest absolute Gasteiger partial charge is 0.186 e. The highest BCUT2D eigenvalue weighted by Gasteiger charge is 2.45. The second kappa shape index (κ2) is 9.08. The lowest BCUT2D eigenvalue weighted by Gasteiger charge is -2.37. The van der Waals surface area contributed by atoms with E-state index in [2.05, 4.69) is 0 Å². The van der Waals surface area contributed by atoms with Crippen LogP contribution in [0.4, 0.5) is 0 Å². The fourth-order valence-electron chi connectivity index (χ4n) is 4.02. The molecule has 0 aliphatic carbocycles. The Morgan fingerprint density at radius 2 is 1.17 bits per heavy atom. The molecule has 1 aliphatic rings. The third-order valence-electron chi connectivity index (χ3n) is 5.56. The van der Waals surface area contributed by atoms with Crippen LogP contribution in [0.2, 0.25) is 0 Å². The summed E-state index contributed by atoms with van der Waals surface area (Å²) < 4.78 is 17.4. The van der Waals surface area contributed by atoms with Crippen LogP contribution in [-0.4, -0.2) is 48.5 Å². The molecule has 3 aromatic rings. The number of methoxy groups -OCH3 is 1. The number of rotatable bonds is 7. The first kappa shape index (κ1) is 20.7. The molecule has 0 aromatic heterocycles. The summed E-state index contributed by atoms with van der Waals surface area (Å²) in [5.74, 6) is 0. The summed E-state index contributed by atoms with van der Waals surface area (Å²) in [7, 11) is 1.44. The van der Waals surface area contributed by atoms with Crippen molar-refractivity contribution in [2.45, 2.75) is 30.2 Å². The fourth-order valence-corrected chi connectivity index (χ4v) is 4.02. The average Bonchev–Trinajstić information content (AvgIpc) is 3.09. The lowest BCUT2D eigenvalue weighted by molar-refractivity contribution is -0.162. The van der Waals surface area contributed by atoms with Gasteiger partial charge >= 0.3 is 0 Å². The van der Waals surface area contributed by atoms with E-state index in [1.165, 1.54) is 7.11 Å². The number of hydrogen-bond acceptors (Lipinski definition) is 5. The zero-order valence-corrected chi connectivity index (χ0v) is 16.8. The van der Waals surface area contributed by atoms with Crippen molar-refractivity contribution in [3.63, 3.8) is 0 Å². The maximum absolute atomic E-state index is 10.4. The summed E-state index contributed by atoms with van der Waals surface area (Å²) >= 11 is 0. The highest BCUT2D eigenvalue weighted by Crippen LogP contribution is 2.41. The third-order valence-corrected chi connectivity index (χ3v) is 5.56. The van der Waals surface area contributed by atoms with E-state index >= 15 is 0 Å². The molecule has 3 aromatic carbocycles. The quantitative estimate of drug-likeness (QED) is 0.590. The van der Waals surface area contributed by atoms with Gasteiger partial charge in [0.25, 0.3) is 0 Å². The first-order valence-electron chi connectivity index (χ1n) is 10.0. The molecule has 0 spiro atoms. The Hall–Kier alpha value is -2.54. The minimum absolute atomic E-state index is 0.0662. The van der Waals surface area contributed by atoms with Crippen LogP contribution in [0.5, 0.6) is 0 Å². The van der Waals surface area contributed by atoms with E-state index in [4.69, 9.17) is 14.2 Å². The first-order chi connectivity index (χ1) is 14.7. The van der Waals surface area contributed by atoms with Gasteiger partial charge in [-0.05, 0) is 16.7 Å². The summed E-state index contributed by atoms with van der Waals surface area (Å²) in [5.41, 5.74) is 1.96. The van der Waals surface area contributed by atoms with Gasteiger partial charge in [0.1, 0.15) is 23.9 Å². The molecule has 1 saturated heterocycles. The van der Waals surface area contributed by atoms with Gasteiger partial charge in [-0.3, -0.25) is 0 Å². The fraction of sp³-hybridized carbons (Fsp3) is 0.280.